The van der Waals surface area contributed by atoms with Crippen molar-refractivity contribution in [3.8, 4) is 0 Å². The Morgan fingerprint density at radius 1 is 1.50 bits per heavy atom. The van der Waals surface area contributed by atoms with Gasteiger partial charge in [-0.15, -0.1) is 0 Å². The van der Waals surface area contributed by atoms with Crippen LogP contribution in [0.15, 0.2) is 0 Å². The van der Waals surface area contributed by atoms with Crippen molar-refractivity contribution in [2.45, 2.75) is 39.7 Å². The van der Waals surface area contributed by atoms with Gasteiger partial charge in [0.1, 0.15) is 10.7 Å². The average Bonchev–Trinajstić information content (AvgIpc) is 2.58. The average molecular weight is 270 g/mol. The molecule has 0 bridgehead atoms. The molecule has 0 saturated carbocycles. The lowest BCUT2D eigenvalue weighted by molar-refractivity contribution is 0.0924. The first-order chi connectivity index (χ1) is 8.24. The predicted octanol–water partition coefficient (Wildman–Crippen LogP) is 2.10. The molecule has 0 spiro atoms. The lowest BCUT2D eigenvalue weighted by atomic mass is 10.1. The zero-order chi connectivity index (χ0) is 13.9. The van der Waals surface area contributed by atoms with Crippen molar-refractivity contribution in [2.75, 3.05) is 24.2 Å². The summed E-state index contributed by atoms with van der Waals surface area (Å²) in [4.78, 5) is 18.8. The number of nitrogen functional groups attached to an aromatic ring is 1. The number of amides is 1. The molecule has 0 fully saturated rings. The summed E-state index contributed by atoms with van der Waals surface area (Å²) in [6.45, 7) is 8.80. The van der Waals surface area contributed by atoms with Crippen LogP contribution in [0.5, 0.6) is 0 Å². The number of nitrogens with two attached hydrogens (primary N) is 1. The predicted molar refractivity (Wildman–Crippen MR) is 77.3 cm³/mol. The topological polar surface area (TPSA) is 71.2 Å². The molecule has 0 radical (unpaired) electrons. The molecule has 1 aromatic heterocycles. The minimum Gasteiger partial charge on any atom is -0.382 e. The standard InChI is InChI=1S/C12H22N4OS/c1-6-7-16(5)11-14-9(13)8(18-11)10(17)15-12(2,3)4/h6-7,13H2,1-5H3,(H,15,17). The van der Waals surface area contributed by atoms with Gasteiger partial charge in [-0.2, -0.15) is 0 Å². The van der Waals surface area contributed by atoms with Gasteiger partial charge in [-0.3, -0.25) is 4.79 Å². The fraction of sp³-hybridized carbons (Fsp3) is 0.667. The Balaban J connectivity index is 2.88. The Labute approximate surface area is 112 Å². The summed E-state index contributed by atoms with van der Waals surface area (Å²) in [5, 5.41) is 3.68. The summed E-state index contributed by atoms with van der Waals surface area (Å²) in [5.74, 6) is 0.147. The van der Waals surface area contributed by atoms with E-state index in [0.29, 0.717) is 10.7 Å². The molecule has 0 aliphatic carbocycles. The first-order valence-electron chi connectivity index (χ1n) is 6.04. The highest BCUT2D eigenvalue weighted by Gasteiger charge is 2.21. The Bertz CT molecular complexity index is 422. The Morgan fingerprint density at radius 3 is 2.61 bits per heavy atom. The summed E-state index contributed by atoms with van der Waals surface area (Å²) in [5.41, 5.74) is 5.53. The normalized spacial score (nSPS) is 11.4. The van der Waals surface area contributed by atoms with Crippen LogP contribution in [0.3, 0.4) is 0 Å². The van der Waals surface area contributed by atoms with E-state index < -0.39 is 0 Å². The molecule has 0 unspecified atom stereocenters. The molecule has 1 rings (SSSR count). The highest BCUT2D eigenvalue weighted by molar-refractivity contribution is 7.18. The number of nitrogens with zero attached hydrogens (tertiary/aromatic N) is 2. The second kappa shape index (κ2) is 5.56. The third-order valence-corrected chi connectivity index (χ3v) is 3.41. The van der Waals surface area contributed by atoms with Crippen molar-refractivity contribution >= 4 is 28.2 Å². The molecular formula is C12H22N4OS. The van der Waals surface area contributed by atoms with Crippen molar-refractivity contribution in [1.82, 2.24) is 10.3 Å². The van der Waals surface area contributed by atoms with Crippen LogP contribution >= 0.6 is 11.3 Å². The number of carbonyl (C=O) groups excluding carboxylic acids is 1. The van der Waals surface area contributed by atoms with Crippen LogP contribution in [0.25, 0.3) is 0 Å². The van der Waals surface area contributed by atoms with Gasteiger partial charge in [0.05, 0.1) is 0 Å². The van der Waals surface area contributed by atoms with Gasteiger partial charge < -0.3 is 16.0 Å². The zero-order valence-corrected chi connectivity index (χ0v) is 12.5. The van der Waals surface area contributed by atoms with Gasteiger partial charge in [-0.1, -0.05) is 18.3 Å². The molecule has 1 heterocycles. The van der Waals surface area contributed by atoms with E-state index in [1.807, 2.05) is 32.7 Å². The third kappa shape index (κ3) is 3.87. The zero-order valence-electron chi connectivity index (χ0n) is 11.7. The highest BCUT2D eigenvalue weighted by Crippen LogP contribution is 2.27. The number of anilines is 2. The molecular weight excluding hydrogens is 248 g/mol. The van der Waals surface area contributed by atoms with E-state index in [2.05, 4.69) is 17.2 Å². The second-order valence-corrected chi connectivity index (χ2v) is 6.31. The highest BCUT2D eigenvalue weighted by atomic mass is 32.1. The van der Waals surface area contributed by atoms with E-state index in [-0.39, 0.29) is 11.4 Å². The lowest BCUT2D eigenvalue weighted by Gasteiger charge is -2.19. The minimum absolute atomic E-state index is 0.159. The smallest absolute Gasteiger partial charge is 0.265 e. The first-order valence-corrected chi connectivity index (χ1v) is 6.86. The van der Waals surface area contributed by atoms with Crippen LogP contribution in [-0.2, 0) is 0 Å². The Morgan fingerprint density at radius 2 is 2.11 bits per heavy atom. The van der Waals surface area contributed by atoms with E-state index in [4.69, 9.17) is 5.73 Å². The fourth-order valence-corrected chi connectivity index (χ4v) is 2.34. The van der Waals surface area contributed by atoms with Gasteiger partial charge in [-0.25, -0.2) is 4.98 Å². The number of aromatic nitrogens is 1. The molecule has 18 heavy (non-hydrogen) atoms. The van der Waals surface area contributed by atoms with Crippen LogP contribution in [0, 0.1) is 0 Å². The Kier molecular flexibility index (Phi) is 4.56. The van der Waals surface area contributed by atoms with Gasteiger partial charge in [0.2, 0.25) is 0 Å². The van der Waals surface area contributed by atoms with Crippen molar-refractivity contribution in [1.29, 1.82) is 0 Å². The number of hydrogen-bond acceptors (Lipinski definition) is 5. The molecule has 3 N–H and O–H groups in total. The van der Waals surface area contributed by atoms with Crippen molar-refractivity contribution in [2.24, 2.45) is 0 Å². The molecule has 6 heteroatoms. The third-order valence-electron chi connectivity index (χ3n) is 2.22. The fourth-order valence-electron chi connectivity index (χ4n) is 1.47. The second-order valence-electron chi connectivity index (χ2n) is 5.34. The molecule has 0 aromatic carbocycles. The van der Waals surface area contributed by atoms with E-state index in [0.717, 1.165) is 18.1 Å². The SMILES string of the molecule is CCCN(C)c1nc(N)c(C(=O)NC(C)(C)C)s1. The summed E-state index contributed by atoms with van der Waals surface area (Å²) in [7, 11) is 1.95. The largest absolute Gasteiger partial charge is 0.382 e. The molecule has 102 valence electrons. The van der Waals surface area contributed by atoms with Crippen molar-refractivity contribution in [3.63, 3.8) is 0 Å². The van der Waals surface area contributed by atoms with Crippen LogP contribution in [-0.4, -0.2) is 30.0 Å². The number of carbonyl (C=O) groups is 1. The number of rotatable bonds is 4. The van der Waals surface area contributed by atoms with Crippen molar-refractivity contribution in [3.05, 3.63) is 4.88 Å². The van der Waals surface area contributed by atoms with E-state index in [1.54, 1.807) is 0 Å². The Hall–Kier alpha value is -1.30. The van der Waals surface area contributed by atoms with E-state index in [9.17, 15) is 4.79 Å². The quantitative estimate of drug-likeness (QED) is 0.879. The maximum absolute atomic E-state index is 12.0. The summed E-state index contributed by atoms with van der Waals surface area (Å²) < 4.78 is 0. The maximum atomic E-state index is 12.0. The molecule has 0 aliphatic heterocycles. The molecule has 0 atom stereocenters. The van der Waals surface area contributed by atoms with Gasteiger partial charge in [0.15, 0.2) is 5.13 Å². The van der Waals surface area contributed by atoms with Gasteiger partial charge in [0, 0.05) is 19.1 Å². The minimum atomic E-state index is -0.275. The molecule has 0 aliphatic rings. The number of hydrogen-bond donors (Lipinski definition) is 2. The number of thiazole rings is 1. The monoisotopic (exact) mass is 270 g/mol. The van der Waals surface area contributed by atoms with E-state index in [1.165, 1.54) is 11.3 Å². The first kappa shape index (κ1) is 14.8. The van der Waals surface area contributed by atoms with E-state index >= 15 is 0 Å². The lowest BCUT2D eigenvalue weighted by Crippen LogP contribution is -2.40. The molecule has 1 amide bonds. The summed E-state index contributed by atoms with van der Waals surface area (Å²) in [6, 6.07) is 0. The van der Waals surface area contributed by atoms with Crippen LogP contribution in [0.4, 0.5) is 10.9 Å². The molecule has 0 saturated heterocycles. The van der Waals surface area contributed by atoms with Gasteiger partial charge in [0.25, 0.3) is 5.91 Å². The van der Waals surface area contributed by atoms with Crippen LogP contribution in [0.2, 0.25) is 0 Å². The van der Waals surface area contributed by atoms with Crippen LogP contribution in [0.1, 0.15) is 43.8 Å². The number of nitrogens with one attached hydrogen (secondary N) is 1. The molecule has 5 nitrogen and oxygen atoms in total. The van der Waals surface area contributed by atoms with Gasteiger partial charge in [-0.05, 0) is 27.2 Å². The van der Waals surface area contributed by atoms with Gasteiger partial charge >= 0.3 is 0 Å². The molecule has 1 aromatic rings. The van der Waals surface area contributed by atoms with Crippen molar-refractivity contribution < 1.29 is 4.79 Å². The van der Waals surface area contributed by atoms with Crippen LogP contribution < -0.4 is 16.0 Å². The summed E-state index contributed by atoms with van der Waals surface area (Å²) in [6.07, 6.45) is 1.03. The summed E-state index contributed by atoms with van der Waals surface area (Å²) >= 11 is 1.33. The maximum Gasteiger partial charge on any atom is 0.265 e.